The molecule has 0 atom stereocenters. The van der Waals surface area contributed by atoms with Gasteiger partial charge >= 0.3 is 10.4 Å². The van der Waals surface area contributed by atoms with Crippen molar-refractivity contribution < 1.29 is 16.8 Å². The molecule has 0 aromatic rings. The number of hydrogen-bond acceptors (Lipinski definition) is 5. The fourth-order valence-electron chi connectivity index (χ4n) is 0.306. The number of hydrogen-bond donors (Lipinski definition) is 1. The Balaban J connectivity index is 0.000000490. The van der Waals surface area contributed by atoms with E-state index in [9.17, 15) is 8.42 Å². The molecule has 1 heterocycles. The molecule has 0 aromatic carbocycles. The van der Waals surface area contributed by atoms with Crippen molar-refractivity contribution in [3.63, 3.8) is 0 Å². The highest BCUT2D eigenvalue weighted by Crippen LogP contribution is 2.02. The first-order chi connectivity index (χ1) is 3.21. The minimum atomic E-state index is -3.55. The van der Waals surface area contributed by atoms with Crippen LogP contribution < -0.4 is 6.15 Å². The third kappa shape index (κ3) is 1.74. The van der Waals surface area contributed by atoms with Crippen LogP contribution >= 0.6 is 0 Å². The van der Waals surface area contributed by atoms with Gasteiger partial charge in [-0.3, -0.25) is 0 Å². The zero-order valence-corrected chi connectivity index (χ0v) is 4.98. The Kier molecular flexibility index (Phi) is 2.35. The van der Waals surface area contributed by atoms with Gasteiger partial charge in [0, 0.05) is 0 Å². The van der Waals surface area contributed by atoms with Crippen molar-refractivity contribution in [1.29, 1.82) is 0 Å². The SMILES string of the molecule is N.O=S1(=O)OCCO1. The van der Waals surface area contributed by atoms with Gasteiger partial charge in [-0.25, -0.2) is 8.37 Å². The van der Waals surface area contributed by atoms with Gasteiger partial charge in [-0.05, 0) is 0 Å². The molecule has 0 saturated carbocycles. The van der Waals surface area contributed by atoms with Gasteiger partial charge in [-0.15, -0.1) is 0 Å². The van der Waals surface area contributed by atoms with Crippen LogP contribution in [0.5, 0.6) is 0 Å². The summed E-state index contributed by atoms with van der Waals surface area (Å²) in [6, 6.07) is 0. The lowest BCUT2D eigenvalue weighted by Gasteiger charge is -1.82. The summed E-state index contributed by atoms with van der Waals surface area (Å²) >= 11 is 0. The van der Waals surface area contributed by atoms with Gasteiger partial charge in [-0.2, -0.15) is 8.42 Å². The second-order valence-corrected chi connectivity index (χ2v) is 2.34. The van der Waals surface area contributed by atoms with Gasteiger partial charge in [-0.1, -0.05) is 0 Å². The number of rotatable bonds is 0. The second-order valence-electron chi connectivity index (χ2n) is 1.05. The molecular weight excluding hydrogens is 134 g/mol. The van der Waals surface area contributed by atoms with Gasteiger partial charge in [0.15, 0.2) is 0 Å². The maximum Gasteiger partial charge on any atom is 0.400 e. The fourth-order valence-corrected chi connectivity index (χ4v) is 0.919. The largest absolute Gasteiger partial charge is 0.400 e. The summed E-state index contributed by atoms with van der Waals surface area (Å²) in [6.45, 7) is 0.310. The summed E-state index contributed by atoms with van der Waals surface area (Å²) in [7, 11) is -3.55. The molecule has 3 N–H and O–H groups in total. The van der Waals surface area contributed by atoms with E-state index in [1.54, 1.807) is 0 Å². The summed E-state index contributed by atoms with van der Waals surface area (Å²) in [5.41, 5.74) is 0. The maximum absolute atomic E-state index is 9.99. The molecule has 1 rings (SSSR count). The zero-order chi connectivity index (χ0) is 5.33. The van der Waals surface area contributed by atoms with Crippen LogP contribution in [0.3, 0.4) is 0 Å². The standard InChI is InChI=1S/C2H4O4S.H3N/c3-7(4)5-1-2-6-7;/h1-2H2;1H3. The average molecular weight is 141 g/mol. The smallest absolute Gasteiger partial charge is 0.344 e. The summed E-state index contributed by atoms with van der Waals surface area (Å²) in [5, 5.41) is 0. The first-order valence-electron chi connectivity index (χ1n) is 1.74. The summed E-state index contributed by atoms with van der Waals surface area (Å²) < 4.78 is 28.2. The van der Waals surface area contributed by atoms with E-state index < -0.39 is 10.4 Å². The zero-order valence-electron chi connectivity index (χ0n) is 4.16. The Bertz CT molecular complexity index is 137. The fraction of sp³-hybridized carbons (Fsp3) is 1.00. The first kappa shape index (κ1) is 7.83. The van der Waals surface area contributed by atoms with Gasteiger partial charge in [0.25, 0.3) is 0 Å². The Morgan fingerprint density at radius 1 is 1.12 bits per heavy atom. The van der Waals surface area contributed by atoms with Gasteiger partial charge in [0.1, 0.15) is 0 Å². The molecule has 0 radical (unpaired) electrons. The Morgan fingerprint density at radius 3 is 1.62 bits per heavy atom. The molecule has 8 heavy (non-hydrogen) atoms. The van der Waals surface area contributed by atoms with E-state index in [2.05, 4.69) is 8.37 Å². The van der Waals surface area contributed by atoms with Crippen molar-refractivity contribution >= 4 is 10.4 Å². The van der Waals surface area contributed by atoms with Crippen molar-refractivity contribution in [3.8, 4) is 0 Å². The molecule has 0 aliphatic carbocycles. The molecule has 1 aliphatic rings. The lowest BCUT2D eigenvalue weighted by atomic mass is 10.8. The minimum absolute atomic E-state index is 0. The van der Waals surface area contributed by atoms with Crippen LogP contribution in [0.1, 0.15) is 0 Å². The van der Waals surface area contributed by atoms with Crippen molar-refractivity contribution in [3.05, 3.63) is 0 Å². The molecule has 6 heteroatoms. The molecule has 0 unspecified atom stereocenters. The van der Waals surface area contributed by atoms with Crippen molar-refractivity contribution in [2.45, 2.75) is 0 Å². The Morgan fingerprint density at radius 2 is 1.50 bits per heavy atom. The topological polar surface area (TPSA) is 87.6 Å². The molecular formula is C2H7NO4S. The predicted octanol–water partition coefficient (Wildman–Crippen LogP) is -0.560. The van der Waals surface area contributed by atoms with Crippen LogP contribution in [0.15, 0.2) is 0 Å². The van der Waals surface area contributed by atoms with Crippen LogP contribution in [0.2, 0.25) is 0 Å². The molecule has 1 saturated heterocycles. The van der Waals surface area contributed by atoms with Crippen LogP contribution in [-0.2, 0) is 18.8 Å². The van der Waals surface area contributed by atoms with E-state index in [1.807, 2.05) is 0 Å². The molecule has 1 aliphatic heterocycles. The van der Waals surface area contributed by atoms with Crippen molar-refractivity contribution in [2.24, 2.45) is 0 Å². The maximum atomic E-state index is 9.99. The van der Waals surface area contributed by atoms with Gasteiger partial charge in [0.2, 0.25) is 0 Å². The highest BCUT2D eigenvalue weighted by Gasteiger charge is 2.17. The third-order valence-corrected chi connectivity index (χ3v) is 1.45. The molecule has 1 fully saturated rings. The quantitative estimate of drug-likeness (QED) is 0.488. The van der Waals surface area contributed by atoms with Crippen LogP contribution in [0.25, 0.3) is 0 Å². The van der Waals surface area contributed by atoms with Crippen LogP contribution in [0, 0.1) is 0 Å². The third-order valence-electron chi connectivity index (χ3n) is 0.539. The first-order valence-corrected chi connectivity index (χ1v) is 3.08. The van der Waals surface area contributed by atoms with Gasteiger partial charge < -0.3 is 6.15 Å². The molecule has 0 bridgehead atoms. The predicted molar refractivity (Wildman–Crippen MR) is 25.8 cm³/mol. The molecule has 0 aromatic heterocycles. The molecule has 0 spiro atoms. The lowest BCUT2D eigenvalue weighted by molar-refractivity contribution is 0.360. The molecule has 0 amide bonds. The minimum Gasteiger partial charge on any atom is -0.344 e. The second kappa shape index (κ2) is 2.40. The highest BCUT2D eigenvalue weighted by molar-refractivity contribution is 7.82. The van der Waals surface area contributed by atoms with E-state index in [4.69, 9.17) is 0 Å². The average Bonchev–Trinajstić information content (AvgIpc) is 1.84. The Labute approximate surface area is 47.5 Å². The van der Waals surface area contributed by atoms with Crippen LogP contribution in [0.4, 0.5) is 0 Å². The lowest BCUT2D eigenvalue weighted by Crippen LogP contribution is -1.94. The van der Waals surface area contributed by atoms with E-state index in [1.165, 1.54) is 0 Å². The van der Waals surface area contributed by atoms with Crippen molar-refractivity contribution in [1.82, 2.24) is 6.15 Å². The van der Waals surface area contributed by atoms with Crippen molar-refractivity contribution in [2.75, 3.05) is 13.2 Å². The van der Waals surface area contributed by atoms with E-state index >= 15 is 0 Å². The summed E-state index contributed by atoms with van der Waals surface area (Å²) in [5.74, 6) is 0. The van der Waals surface area contributed by atoms with E-state index in [0.717, 1.165) is 0 Å². The molecule has 5 nitrogen and oxygen atoms in total. The highest BCUT2D eigenvalue weighted by atomic mass is 32.3. The van der Waals surface area contributed by atoms with E-state index in [0.29, 0.717) is 0 Å². The normalized spacial score (nSPS) is 24.5. The summed E-state index contributed by atoms with van der Waals surface area (Å²) in [4.78, 5) is 0. The van der Waals surface area contributed by atoms with Crippen LogP contribution in [-0.4, -0.2) is 21.6 Å². The molecule has 50 valence electrons. The monoisotopic (exact) mass is 141 g/mol. The summed E-state index contributed by atoms with van der Waals surface area (Å²) in [6.07, 6.45) is 0. The van der Waals surface area contributed by atoms with Gasteiger partial charge in [0.05, 0.1) is 13.2 Å². The Hall–Kier alpha value is -0.170. The van der Waals surface area contributed by atoms with E-state index in [-0.39, 0.29) is 19.4 Å².